The van der Waals surface area contributed by atoms with Crippen molar-refractivity contribution in [2.75, 3.05) is 26.2 Å². The zero-order valence-corrected chi connectivity index (χ0v) is 16.0. The van der Waals surface area contributed by atoms with Gasteiger partial charge in [-0.2, -0.15) is 0 Å². The minimum atomic E-state index is -0.192. The van der Waals surface area contributed by atoms with E-state index in [2.05, 4.69) is 15.9 Å². The van der Waals surface area contributed by atoms with Gasteiger partial charge in [0.1, 0.15) is 5.75 Å². The van der Waals surface area contributed by atoms with E-state index in [0.29, 0.717) is 45.3 Å². The molecule has 3 rings (SSSR count). The highest BCUT2D eigenvalue weighted by molar-refractivity contribution is 9.12. The number of Topliss-reactive ketones (excluding diaryl/α,β-unsaturated/α-hetero) is 1. The zero-order chi connectivity index (χ0) is 18.7. The number of nitrogens with two attached hydrogens (primary N) is 1. The number of fused-ring (bicyclic) bond motifs is 1. The van der Waals surface area contributed by atoms with Crippen molar-refractivity contribution in [2.45, 2.75) is 6.92 Å². The first-order chi connectivity index (χ1) is 12.5. The van der Waals surface area contributed by atoms with Crippen LogP contribution in [0.15, 0.2) is 34.8 Å². The van der Waals surface area contributed by atoms with Crippen LogP contribution in [0.2, 0.25) is 0 Å². The van der Waals surface area contributed by atoms with E-state index in [0.717, 1.165) is 5.56 Å². The van der Waals surface area contributed by atoms with Crippen LogP contribution >= 0.6 is 15.9 Å². The molecular formula is C19H18BrNO5. The summed E-state index contributed by atoms with van der Waals surface area (Å²) in [7, 11) is 1.55. The van der Waals surface area contributed by atoms with Crippen molar-refractivity contribution in [1.82, 2.24) is 0 Å². The lowest BCUT2D eigenvalue weighted by molar-refractivity contribution is 0.104. The second-order valence-corrected chi connectivity index (χ2v) is 6.32. The Morgan fingerprint density at radius 3 is 2.81 bits per heavy atom. The van der Waals surface area contributed by atoms with E-state index < -0.39 is 0 Å². The largest absolute Gasteiger partial charge is 0.493 e. The maximum atomic E-state index is 12.7. The third-order valence-electron chi connectivity index (χ3n) is 3.77. The molecule has 2 aromatic carbocycles. The minimum absolute atomic E-state index is 0.143. The van der Waals surface area contributed by atoms with E-state index in [1.807, 2.05) is 6.92 Å². The molecule has 0 radical (unpaired) electrons. The van der Waals surface area contributed by atoms with Gasteiger partial charge < -0.3 is 24.7 Å². The summed E-state index contributed by atoms with van der Waals surface area (Å²) in [5.41, 5.74) is 7.56. The molecule has 2 N–H and O–H groups in total. The van der Waals surface area contributed by atoms with E-state index in [9.17, 15) is 4.79 Å². The number of hydrogen-bond donors (Lipinski definition) is 1. The summed E-state index contributed by atoms with van der Waals surface area (Å²) in [5.74, 6) is 1.98. The van der Waals surface area contributed by atoms with Crippen LogP contribution in [0.1, 0.15) is 22.8 Å². The SMILES string of the molecule is CCOc1cc(C(=O)C(Br)=Cc2cc(OC)c3c(c2)OCO3)ccc1N. The number of ketones is 1. The summed E-state index contributed by atoms with van der Waals surface area (Å²) in [6, 6.07) is 8.51. The van der Waals surface area contributed by atoms with Gasteiger partial charge >= 0.3 is 0 Å². The highest BCUT2D eigenvalue weighted by Crippen LogP contribution is 2.42. The maximum Gasteiger partial charge on any atom is 0.231 e. The Morgan fingerprint density at radius 2 is 2.08 bits per heavy atom. The van der Waals surface area contributed by atoms with Crippen LogP contribution in [0.4, 0.5) is 5.69 Å². The van der Waals surface area contributed by atoms with Gasteiger partial charge in [0.15, 0.2) is 17.3 Å². The maximum absolute atomic E-state index is 12.7. The monoisotopic (exact) mass is 419 g/mol. The van der Waals surface area contributed by atoms with Gasteiger partial charge in [-0.05, 0) is 64.8 Å². The molecule has 0 aromatic heterocycles. The molecule has 6 nitrogen and oxygen atoms in total. The highest BCUT2D eigenvalue weighted by atomic mass is 79.9. The third kappa shape index (κ3) is 3.62. The number of allylic oxidation sites excluding steroid dienone is 1. The van der Waals surface area contributed by atoms with Crippen molar-refractivity contribution >= 4 is 33.5 Å². The molecular weight excluding hydrogens is 402 g/mol. The number of benzene rings is 2. The summed E-state index contributed by atoms with van der Waals surface area (Å²) in [5, 5.41) is 0. The van der Waals surface area contributed by atoms with Gasteiger partial charge in [0, 0.05) is 5.56 Å². The van der Waals surface area contributed by atoms with E-state index >= 15 is 0 Å². The molecule has 1 heterocycles. The van der Waals surface area contributed by atoms with Crippen molar-refractivity contribution in [3.63, 3.8) is 0 Å². The van der Waals surface area contributed by atoms with Gasteiger partial charge in [-0.1, -0.05) is 0 Å². The van der Waals surface area contributed by atoms with Crippen LogP contribution < -0.4 is 24.7 Å². The van der Waals surface area contributed by atoms with E-state index in [-0.39, 0.29) is 12.6 Å². The second-order valence-electron chi connectivity index (χ2n) is 5.46. The fourth-order valence-corrected chi connectivity index (χ4v) is 3.03. The van der Waals surface area contributed by atoms with Crippen molar-refractivity contribution in [1.29, 1.82) is 0 Å². The highest BCUT2D eigenvalue weighted by Gasteiger charge is 2.20. The Morgan fingerprint density at radius 1 is 1.27 bits per heavy atom. The van der Waals surface area contributed by atoms with Gasteiger partial charge in [-0.3, -0.25) is 4.79 Å². The first-order valence-electron chi connectivity index (χ1n) is 7.95. The third-order valence-corrected chi connectivity index (χ3v) is 4.36. The number of hydrogen-bond acceptors (Lipinski definition) is 6. The fourth-order valence-electron chi connectivity index (χ4n) is 2.54. The molecule has 0 atom stereocenters. The van der Waals surface area contributed by atoms with E-state index in [1.165, 1.54) is 0 Å². The molecule has 2 aromatic rings. The number of methoxy groups -OCH3 is 1. The van der Waals surface area contributed by atoms with Crippen LogP contribution in [0.3, 0.4) is 0 Å². The zero-order valence-electron chi connectivity index (χ0n) is 14.4. The molecule has 0 fully saturated rings. The molecule has 0 amide bonds. The summed E-state index contributed by atoms with van der Waals surface area (Å²) in [6.07, 6.45) is 1.70. The molecule has 0 aliphatic carbocycles. The average molecular weight is 420 g/mol. The Balaban J connectivity index is 1.90. The lowest BCUT2D eigenvalue weighted by Gasteiger charge is -2.09. The smallest absolute Gasteiger partial charge is 0.231 e. The molecule has 0 saturated heterocycles. The van der Waals surface area contributed by atoms with Crippen LogP contribution in [0.5, 0.6) is 23.0 Å². The van der Waals surface area contributed by atoms with E-state index in [1.54, 1.807) is 43.5 Å². The number of nitrogen functional groups attached to an aromatic ring is 1. The Bertz CT molecular complexity index is 878. The molecule has 0 unspecified atom stereocenters. The average Bonchev–Trinajstić information content (AvgIpc) is 3.11. The minimum Gasteiger partial charge on any atom is -0.493 e. The predicted octanol–water partition coefficient (Wildman–Crippen LogP) is 4.02. The quantitative estimate of drug-likeness (QED) is 0.432. The molecule has 0 saturated carbocycles. The van der Waals surface area contributed by atoms with E-state index in [4.69, 9.17) is 24.7 Å². The standard InChI is InChI=1S/C19H18BrNO5/c1-3-24-15-9-12(4-5-14(15)21)18(22)13(20)6-11-7-16(23-2)19-17(8-11)25-10-26-19/h4-9H,3,10,21H2,1-2H3. The summed E-state index contributed by atoms with van der Waals surface area (Å²) in [4.78, 5) is 12.7. The second kappa shape index (κ2) is 7.70. The Kier molecular flexibility index (Phi) is 5.37. The van der Waals surface area contributed by atoms with Crippen molar-refractivity contribution in [3.05, 3.63) is 45.9 Å². The molecule has 26 heavy (non-hydrogen) atoms. The van der Waals surface area contributed by atoms with Crippen LogP contribution in [0.25, 0.3) is 6.08 Å². The van der Waals surface area contributed by atoms with Crippen LogP contribution in [-0.4, -0.2) is 26.3 Å². The van der Waals surface area contributed by atoms with Gasteiger partial charge in [0.2, 0.25) is 12.5 Å². The lowest BCUT2D eigenvalue weighted by atomic mass is 10.1. The summed E-state index contributed by atoms with van der Waals surface area (Å²) < 4.78 is 21.9. The van der Waals surface area contributed by atoms with Crippen molar-refractivity contribution in [2.24, 2.45) is 0 Å². The topological polar surface area (TPSA) is 80.0 Å². The first-order valence-corrected chi connectivity index (χ1v) is 8.74. The fraction of sp³-hybridized carbons (Fsp3) is 0.211. The van der Waals surface area contributed by atoms with Gasteiger partial charge in [-0.15, -0.1) is 0 Å². The molecule has 1 aliphatic rings. The van der Waals surface area contributed by atoms with Gasteiger partial charge in [-0.25, -0.2) is 0 Å². The number of halogens is 1. The first kappa shape index (κ1) is 18.1. The number of rotatable bonds is 6. The number of ether oxygens (including phenoxy) is 4. The summed E-state index contributed by atoms with van der Waals surface area (Å²) in [6.45, 7) is 2.47. The molecule has 7 heteroatoms. The van der Waals surface area contributed by atoms with Crippen LogP contribution in [-0.2, 0) is 0 Å². The number of carbonyl (C=O) groups is 1. The predicted molar refractivity (Wildman–Crippen MR) is 102 cm³/mol. The van der Waals surface area contributed by atoms with Gasteiger partial charge in [0.05, 0.1) is 23.9 Å². The number of carbonyl (C=O) groups excluding carboxylic acids is 1. The molecule has 0 bridgehead atoms. The molecule has 1 aliphatic heterocycles. The normalized spacial score (nSPS) is 12.8. The van der Waals surface area contributed by atoms with Crippen molar-refractivity contribution < 1.29 is 23.7 Å². The molecule has 0 spiro atoms. The Hall–Kier alpha value is -2.67. The Labute approximate surface area is 159 Å². The molecule has 136 valence electrons. The van der Waals surface area contributed by atoms with Crippen molar-refractivity contribution in [3.8, 4) is 23.0 Å². The number of anilines is 1. The van der Waals surface area contributed by atoms with Crippen LogP contribution in [0, 0.1) is 0 Å². The lowest BCUT2D eigenvalue weighted by Crippen LogP contribution is -2.02. The summed E-state index contributed by atoms with van der Waals surface area (Å²) >= 11 is 3.35. The van der Waals surface area contributed by atoms with Gasteiger partial charge in [0.25, 0.3) is 0 Å².